The van der Waals surface area contributed by atoms with Gasteiger partial charge in [-0.2, -0.15) is 0 Å². The van der Waals surface area contributed by atoms with E-state index in [-0.39, 0.29) is 16.8 Å². The molecule has 0 aliphatic rings. The molecule has 0 saturated carbocycles. The van der Waals surface area contributed by atoms with Crippen molar-refractivity contribution in [3.8, 4) is 0 Å². The van der Waals surface area contributed by atoms with E-state index < -0.39 is 29.0 Å². The lowest BCUT2D eigenvalue weighted by Gasteiger charge is -2.31. The van der Waals surface area contributed by atoms with E-state index in [0.717, 1.165) is 22.2 Å². The number of para-hydroxylation sites is 1. The Bertz CT molecular complexity index is 1450. The zero-order valence-corrected chi connectivity index (χ0v) is 21.5. The van der Waals surface area contributed by atoms with Gasteiger partial charge < -0.3 is 10.2 Å². The number of amides is 2. The Morgan fingerprint density at radius 3 is 1.67 bits per heavy atom. The van der Waals surface area contributed by atoms with E-state index >= 15 is 0 Å². The topological polar surface area (TPSA) is 107 Å². The van der Waals surface area contributed by atoms with Gasteiger partial charge >= 0.3 is 5.91 Å². The van der Waals surface area contributed by atoms with Gasteiger partial charge in [-0.25, -0.2) is 5.01 Å². The normalized spacial score (nSPS) is 11.5. The summed E-state index contributed by atoms with van der Waals surface area (Å²) < 4.78 is 0. The van der Waals surface area contributed by atoms with Crippen LogP contribution < -0.4 is 10.4 Å². The summed E-state index contributed by atoms with van der Waals surface area (Å²) in [5.74, 6) is -3.55. The fourth-order valence-electron chi connectivity index (χ4n) is 4.00. The molecule has 3 N–H and O–H groups in total. The van der Waals surface area contributed by atoms with Crippen LogP contribution in [-0.2, 0) is 20.0 Å². The predicted molar refractivity (Wildman–Crippen MR) is 149 cm³/mol. The molecular weight excluding hydrogens is 492 g/mol. The van der Waals surface area contributed by atoms with Crippen molar-refractivity contribution in [1.82, 2.24) is 5.43 Å². The summed E-state index contributed by atoms with van der Waals surface area (Å²) in [5, 5.41) is 23.1. The molecule has 0 aliphatic heterocycles. The molecular formula is C32H28N2O5. The SMILES string of the molecule is Cc1ccc(C(O)(C(=O)NN(C(=O)C(=O)/C=C(\O)c2ccccc2)c2ccccc2)c2ccc(C)cc2)cc1. The molecule has 0 fully saturated rings. The van der Waals surface area contributed by atoms with Crippen molar-refractivity contribution in [3.63, 3.8) is 0 Å². The summed E-state index contributed by atoms with van der Waals surface area (Å²) in [7, 11) is 0. The van der Waals surface area contributed by atoms with Gasteiger partial charge in [0.2, 0.25) is 5.78 Å². The molecule has 0 aromatic heterocycles. The summed E-state index contributed by atoms with van der Waals surface area (Å²) in [4.78, 5) is 40.2. The van der Waals surface area contributed by atoms with E-state index in [1.165, 1.54) is 12.1 Å². The molecule has 7 heteroatoms. The average molecular weight is 521 g/mol. The molecule has 39 heavy (non-hydrogen) atoms. The summed E-state index contributed by atoms with van der Waals surface area (Å²) in [6.07, 6.45) is 0.798. The standard InChI is InChI=1S/C32H28N2O5/c1-22-13-17-25(18-14-22)32(39,26-19-15-23(2)16-20-26)31(38)33-34(27-11-7-4-8-12-27)30(37)29(36)21-28(35)24-9-5-3-6-10-24/h3-21,35,39H,1-2H3,(H,33,38)/b28-21-. The molecule has 4 aromatic carbocycles. The number of carbonyl (C=O) groups excluding carboxylic acids is 3. The van der Waals surface area contributed by atoms with Crippen molar-refractivity contribution in [2.24, 2.45) is 0 Å². The second-order valence-electron chi connectivity index (χ2n) is 9.12. The minimum absolute atomic E-state index is 0.187. The smallest absolute Gasteiger partial charge is 0.317 e. The molecule has 7 nitrogen and oxygen atoms in total. The van der Waals surface area contributed by atoms with Crippen molar-refractivity contribution in [3.05, 3.63) is 143 Å². The van der Waals surface area contributed by atoms with Gasteiger partial charge in [0.05, 0.1) is 5.69 Å². The minimum atomic E-state index is -2.19. The number of aliphatic hydroxyl groups is 2. The van der Waals surface area contributed by atoms with Crippen LogP contribution in [0.4, 0.5) is 5.69 Å². The fourth-order valence-corrected chi connectivity index (χ4v) is 4.00. The number of aliphatic hydroxyl groups excluding tert-OH is 1. The summed E-state index contributed by atoms with van der Waals surface area (Å²) in [6.45, 7) is 3.77. The highest BCUT2D eigenvalue weighted by atomic mass is 16.3. The monoisotopic (exact) mass is 520 g/mol. The Kier molecular flexibility index (Phi) is 8.03. The first kappa shape index (κ1) is 27.0. The number of benzene rings is 4. The number of nitrogens with one attached hydrogen (secondary N) is 1. The van der Waals surface area contributed by atoms with E-state index in [2.05, 4.69) is 5.43 Å². The number of hydrogen-bond acceptors (Lipinski definition) is 5. The number of carbonyl (C=O) groups is 3. The van der Waals surface area contributed by atoms with E-state index in [9.17, 15) is 24.6 Å². The number of rotatable bonds is 7. The van der Waals surface area contributed by atoms with Crippen LogP contribution in [0.1, 0.15) is 27.8 Å². The van der Waals surface area contributed by atoms with Gasteiger partial charge in [-0.15, -0.1) is 0 Å². The highest BCUT2D eigenvalue weighted by Gasteiger charge is 2.42. The quantitative estimate of drug-likeness (QED) is 0.141. The third kappa shape index (κ3) is 5.95. The maximum atomic E-state index is 13.9. The number of aryl methyl sites for hydroxylation is 2. The maximum Gasteiger partial charge on any atom is 0.317 e. The average Bonchev–Trinajstić information content (AvgIpc) is 2.96. The van der Waals surface area contributed by atoms with Gasteiger partial charge in [-0.3, -0.25) is 19.8 Å². The molecule has 0 heterocycles. The Hall–Kier alpha value is -5.01. The van der Waals surface area contributed by atoms with Crippen LogP contribution in [0.5, 0.6) is 0 Å². The largest absolute Gasteiger partial charge is 0.507 e. The molecule has 0 bridgehead atoms. The Labute approximate surface area is 226 Å². The molecule has 2 amide bonds. The highest BCUT2D eigenvalue weighted by Crippen LogP contribution is 2.31. The molecule has 0 spiro atoms. The van der Waals surface area contributed by atoms with Crippen LogP contribution in [0.2, 0.25) is 0 Å². The van der Waals surface area contributed by atoms with Gasteiger partial charge in [0, 0.05) is 11.6 Å². The second kappa shape index (κ2) is 11.6. The van der Waals surface area contributed by atoms with Crippen molar-refractivity contribution in [2.45, 2.75) is 19.4 Å². The third-order valence-electron chi connectivity index (χ3n) is 6.25. The maximum absolute atomic E-state index is 13.9. The van der Waals surface area contributed by atoms with E-state index in [0.29, 0.717) is 5.56 Å². The molecule has 0 unspecified atom stereocenters. The lowest BCUT2D eigenvalue weighted by atomic mass is 9.85. The lowest BCUT2D eigenvalue weighted by Crippen LogP contribution is -2.56. The van der Waals surface area contributed by atoms with E-state index in [1.54, 1.807) is 97.1 Å². The van der Waals surface area contributed by atoms with Crippen molar-refractivity contribution in [2.75, 3.05) is 5.01 Å². The number of nitrogens with zero attached hydrogens (tertiary/aromatic N) is 1. The zero-order chi connectivity index (χ0) is 28.0. The first-order valence-electron chi connectivity index (χ1n) is 12.3. The summed E-state index contributed by atoms with van der Waals surface area (Å²) in [5.41, 5.74) is 3.22. The molecule has 0 aliphatic carbocycles. The first-order valence-corrected chi connectivity index (χ1v) is 12.3. The number of hydrogen-bond donors (Lipinski definition) is 3. The third-order valence-corrected chi connectivity index (χ3v) is 6.25. The molecule has 4 aromatic rings. The number of ketones is 1. The Morgan fingerprint density at radius 1 is 0.718 bits per heavy atom. The minimum Gasteiger partial charge on any atom is -0.507 e. The molecule has 4 rings (SSSR count). The van der Waals surface area contributed by atoms with Crippen molar-refractivity contribution in [1.29, 1.82) is 0 Å². The van der Waals surface area contributed by atoms with Crippen molar-refractivity contribution < 1.29 is 24.6 Å². The first-order chi connectivity index (χ1) is 18.7. The molecule has 0 saturated heterocycles. The van der Waals surface area contributed by atoms with Crippen LogP contribution in [0.3, 0.4) is 0 Å². The van der Waals surface area contributed by atoms with Crippen LogP contribution in [-0.4, -0.2) is 27.8 Å². The van der Waals surface area contributed by atoms with Gasteiger partial charge in [0.15, 0.2) is 5.60 Å². The van der Waals surface area contributed by atoms with Crippen LogP contribution >= 0.6 is 0 Å². The van der Waals surface area contributed by atoms with E-state index in [1.807, 2.05) is 13.8 Å². The Balaban J connectivity index is 1.73. The zero-order valence-electron chi connectivity index (χ0n) is 21.5. The molecule has 0 radical (unpaired) electrons. The summed E-state index contributed by atoms with van der Waals surface area (Å²) in [6, 6.07) is 29.9. The van der Waals surface area contributed by atoms with Crippen LogP contribution in [0.25, 0.3) is 5.76 Å². The lowest BCUT2D eigenvalue weighted by molar-refractivity contribution is -0.140. The number of hydrazine groups is 1. The highest BCUT2D eigenvalue weighted by molar-refractivity contribution is 6.46. The second-order valence-corrected chi connectivity index (χ2v) is 9.12. The van der Waals surface area contributed by atoms with Crippen LogP contribution in [0.15, 0.2) is 115 Å². The fraction of sp³-hybridized carbons (Fsp3) is 0.0938. The molecule has 196 valence electrons. The number of anilines is 1. The predicted octanol–water partition coefficient (Wildman–Crippen LogP) is 4.77. The summed E-state index contributed by atoms with van der Waals surface area (Å²) >= 11 is 0. The van der Waals surface area contributed by atoms with Crippen molar-refractivity contribution >= 4 is 29.0 Å². The van der Waals surface area contributed by atoms with Gasteiger partial charge in [-0.1, -0.05) is 108 Å². The van der Waals surface area contributed by atoms with Gasteiger partial charge in [0.25, 0.3) is 5.91 Å². The van der Waals surface area contributed by atoms with Crippen LogP contribution in [0, 0.1) is 13.8 Å². The van der Waals surface area contributed by atoms with E-state index in [4.69, 9.17) is 0 Å². The van der Waals surface area contributed by atoms with Gasteiger partial charge in [-0.05, 0) is 37.1 Å². The molecule has 0 atom stereocenters. The Morgan fingerprint density at radius 2 is 1.18 bits per heavy atom. The van der Waals surface area contributed by atoms with Gasteiger partial charge in [0.1, 0.15) is 5.76 Å².